The summed E-state index contributed by atoms with van der Waals surface area (Å²) in [4.78, 5) is 23.3. The van der Waals surface area contributed by atoms with Gasteiger partial charge in [0.25, 0.3) is 5.91 Å². The number of anilines is 1. The van der Waals surface area contributed by atoms with Gasteiger partial charge in [0.2, 0.25) is 0 Å². The number of urea groups is 1. The van der Waals surface area contributed by atoms with E-state index in [2.05, 4.69) is 16.0 Å². The minimum atomic E-state index is -0.422. The van der Waals surface area contributed by atoms with Crippen LogP contribution in [0.5, 0.6) is 0 Å². The number of halogens is 1. The number of rotatable bonds is 4. The van der Waals surface area contributed by atoms with Crippen molar-refractivity contribution in [3.8, 4) is 0 Å². The van der Waals surface area contributed by atoms with Crippen molar-refractivity contribution in [3.05, 3.63) is 65.0 Å². The number of amides is 3. The summed E-state index contributed by atoms with van der Waals surface area (Å²) in [5.74, 6) is -0.570. The van der Waals surface area contributed by atoms with Crippen molar-refractivity contribution in [3.63, 3.8) is 0 Å². The Morgan fingerprint density at radius 1 is 1.09 bits per heavy atom. The van der Waals surface area contributed by atoms with Gasteiger partial charge in [-0.05, 0) is 42.3 Å². The number of hydrogen-bond acceptors (Lipinski definition) is 2. The lowest BCUT2D eigenvalue weighted by Gasteiger charge is -2.10. The Labute approximate surface area is 133 Å². The van der Waals surface area contributed by atoms with Crippen LogP contribution >= 0.6 is 0 Å². The molecule has 6 heteroatoms. The number of carbonyl (C=O) groups excluding carboxylic acids is 2. The smallest absolute Gasteiger partial charge is 0.319 e. The van der Waals surface area contributed by atoms with Crippen LogP contribution in [0.15, 0.2) is 42.5 Å². The van der Waals surface area contributed by atoms with Gasteiger partial charge < -0.3 is 16.0 Å². The topological polar surface area (TPSA) is 70.2 Å². The second kappa shape index (κ2) is 7.40. The highest BCUT2D eigenvalue weighted by atomic mass is 19.1. The average Bonchev–Trinajstić information content (AvgIpc) is 2.56. The lowest BCUT2D eigenvalue weighted by atomic mass is 10.1. The molecule has 3 N–H and O–H groups in total. The van der Waals surface area contributed by atoms with E-state index in [0.29, 0.717) is 17.8 Å². The first kappa shape index (κ1) is 16.5. The molecule has 0 radical (unpaired) electrons. The minimum Gasteiger partial charge on any atom is -0.355 e. The Morgan fingerprint density at radius 3 is 2.43 bits per heavy atom. The molecule has 120 valence electrons. The lowest BCUT2D eigenvalue weighted by Crippen LogP contribution is -2.28. The van der Waals surface area contributed by atoms with Crippen LogP contribution in [-0.2, 0) is 6.54 Å². The maximum Gasteiger partial charge on any atom is 0.319 e. The zero-order valence-electron chi connectivity index (χ0n) is 12.9. The van der Waals surface area contributed by atoms with Gasteiger partial charge in [-0.15, -0.1) is 0 Å². The summed E-state index contributed by atoms with van der Waals surface area (Å²) in [7, 11) is 1.57. The molecule has 2 aromatic carbocycles. The van der Waals surface area contributed by atoms with Crippen LogP contribution in [0, 0.1) is 12.7 Å². The van der Waals surface area contributed by atoms with Crippen LogP contribution in [0.1, 0.15) is 21.5 Å². The highest BCUT2D eigenvalue weighted by Crippen LogP contribution is 2.15. The zero-order chi connectivity index (χ0) is 16.8. The molecule has 0 saturated carbocycles. The predicted octanol–water partition coefficient (Wildman–Crippen LogP) is 2.82. The Hall–Kier alpha value is -2.89. The predicted molar refractivity (Wildman–Crippen MR) is 86.8 cm³/mol. The number of nitrogens with one attached hydrogen (secondary N) is 3. The van der Waals surface area contributed by atoms with Crippen molar-refractivity contribution in [1.82, 2.24) is 10.6 Å². The standard InChI is InChI=1S/C17H18FN3O2/c1-11-3-8-14(18)9-15(11)21-17(23)20-10-12-4-6-13(7-5-12)16(22)19-2/h3-9H,10H2,1-2H3,(H,19,22)(H2,20,21,23). The number of aryl methyl sites for hydroxylation is 1. The van der Waals surface area contributed by atoms with Crippen LogP contribution in [0.3, 0.4) is 0 Å². The van der Waals surface area contributed by atoms with E-state index >= 15 is 0 Å². The molecule has 0 unspecified atom stereocenters. The van der Waals surface area contributed by atoms with Gasteiger partial charge in [0.05, 0.1) is 0 Å². The fraction of sp³-hybridized carbons (Fsp3) is 0.176. The Bertz CT molecular complexity index is 714. The van der Waals surface area contributed by atoms with Crippen LogP contribution in [0.4, 0.5) is 14.9 Å². The molecule has 0 aromatic heterocycles. The summed E-state index contributed by atoms with van der Waals surface area (Å²) < 4.78 is 13.2. The summed E-state index contributed by atoms with van der Waals surface area (Å²) in [6.07, 6.45) is 0. The van der Waals surface area contributed by atoms with E-state index in [0.717, 1.165) is 11.1 Å². The highest BCUT2D eigenvalue weighted by Gasteiger charge is 2.06. The Morgan fingerprint density at radius 2 is 1.78 bits per heavy atom. The van der Waals surface area contributed by atoms with E-state index in [-0.39, 0.29) is 5.91 Å². The fourth-order valence-electron chi connectivity index (χ4n) is 2.00. The summed E-state index contributed by atoms with van der Waals surface area (Å²) >= 11 is 0. The third-order valence-electron chi connectivity index (χ3n) is 3.34. The largest absolute Gasteiger partial charge is 0.355 e. The quantitative estimate of drug-likeness (QED) is 0.812. The molecule has 0 saturated heterocycles. The van der Waals surface area contributed by atoms with Gasteiger partial charge in [-0.1, -0.05) is 18.2 Å². The molecular weight excluding hydrogens is 297 g/mol. The Kier molecular flexibility index (Phi) is 5.30. The van der Waals surface area contributed by atoms with E-state index in [9.17, 15) is 14.0 Å². The van der Waals surface area contributed by atoms with Crippen molar-refractivity contribution in [2.75, 3.05) is 12.4 Å². The third kappa shape index (κ3) is 4.54. The average molecular weight is 315 g/mol. The number of hydrogen-bond donors (Lipinski definition) is 3. The maximum absolute atomic E-state index is 13.2. The van der Waals surface area contributed by atoms with Gasteiger partial charge in [-0.25, -0.2) is 9.18 Å². The first-order valence-electron chi connectivity index (χ1n) is 7.11. The van der Waals surface area contributed by atoms with Crippen molar-refractivity contribution in [2.24, 2.45) is 0 Å². The second-order valence-corrected chi connectivity index (χ2v) is 5.04. The molecule has 3 amide bonds. The first-order valence-corrected chi connectivity index (χ1v) is 7.11. The molecule has 0 aliphatic carbocycles. The lowest BCUT2D eigenvalue weighted by molar-refractivity contribution is 0.0963. The molecule has 0 atom stereocenters. The molecule has 0 aliphatic rings. The molecule has 0 spiro atoms. The molecule has 2 rings (SSSR count). The summed E-state index contributed by atoms with van der Waals surface area (Å²) in [5, 5.41) is 7.83. The number of carbonyl (C=O) groups is 2. The van der Waals surface area contributed by atoms with Crippen LogP contribution < -0.4 is 16.0 Å². The molecule has 23 heavy (non-hydrogen) atoms. The van der Waals surface area contributed by atoms with Gasteiger partial charge in [0, 0.05) is 24.8 Å². The van der Waals surface area contributed by atoms with Crippen molar-refractivity contribution in [1.29, 1.82) is 0 Å². The monoisotopic (exact) mass is 315 g/mol. The molecule has 0 heterocycles. The number of benzene rings is 2. The molecule has 0 bridgehead atoms. The van der Waals surface area contributed by atoms with E-state index in [4.69, 9.17) is 0 Å². The second-order valence-electron chi connectivity index (χ2n) is 5.04. The van der Waals surface area contributed by atoms with Crippen LogP contribution in [-0.4, -0.2) is 19.0 Å². The Balaban J connectivity index is 1.91. The molecule has 0 fully saturated rings. The van der Waals surface area contributed by atoms with Crippen LogP contribution in [0.25, 0.3) is 0 Å². The third-order valence-corrected chi connectivity index (χ3v) is 3.34. The maximum atomic E-state index is 13.2. The summed E-state index contributed by atoms with van der Waals surface area (Å²) in [6.45, 7) is 2.08. The van der Waals surface area contributed by atoms with Gasteiger partial charge in [-0.2, -0.15) is 0 Å². The summed E-state index contributed by atoms with van der Waals surface area (Å²) in [6, 6.07) is 10.7. The van der Waals surface area contributed by atoms with E-state index in [1.807, 2.05) is 0 Å². The molecular formula is C17H18FN3O2. The van der Waals surface area contributed by atoms with Crippen LogP contribution in [0.2, 0.25) is 0 Å². The molecule has 0 aliphatic heterocycles. The SMILES string of the molecule is CNC(=O)c1ccc(CNC(=O)Nc2cc(F)ccc2C)cc1. The van der Waals surface area contributed by atoms with E-state index < -0.39 is 11.8 Å². The molecule has 5 nitrogen and oxygen atoms in total. The van der Waals surface area contributed by atoms with Gasteiger partial charge in [0.15, 0.2) is 0 Å². The van der Waals surface area contributed by atoms with Gasteiger partial charge >= 0.3 is 6.03 Å². The minimum absolute atomic E-state index is 0.163. The van der Waals surface area contributed by atoms with E-state index in [1.165, 1.54) is 12.1 Å². The zero-order valence-corrected chi connectivity index (χ0v) is 12.9. The fourth-order valence-corrected chi connectivity index (χ4v) is 2.00. The van der Waals surface area contributed by atoms with Crippen molar-refractivity contribution >= 4 is 17.6 Å². The normalized spacial score (nSPS) is 10.0. The molecule has 2 aromatic rings. The first-order chi connectivity index (χ1) is 11.0. The van der Waals surface area contributed by atoms with Crippen molar-refractivity contribution in [2.45, 2.75) is 13.5 Å². The van der Waals surface area contributed by atoms with Gasteiger partial charge in [-0.3, -0.25) is 4.79 Å². The van der Waals surface area contributed by atoms with Crippen molar-refractivity contribution < 1.29 is 14.0 Å². The highest BCUT2D eigenvalue weighted by molar-refractivity contribution is 5.94. The summed E-state index contributed by atoms with van der Waals surface area (Å²) in [5.41, 5.74) is 2.61. The van der Waals surface area contributed by atoms with Gasteiger partial charge in [0.1, 0.15) is 5.82 Å². The van der Waals surface area contributed by atoms with E-state index in [1.54, 1.807) is 44.3 Å².